The molecule has 0 unspecified atom stereocenters. The van der Waals surface area contributed by atoms with Crippen molar-refractivity contribution in [1.82, 2.24) is 25.1 Å². The SMILES string of the molecule is CSc1nc(N2CCCCC2)c2cnn(CCNC(=O)/C=C/c3cccs3)c2n1. The first-order valence-corrected chi connectivity index (χ1v) is 11.9. The summed E-state index contributed by atoms with van der Waals surface area (Å²) in [6, 6.07) is 3.95. The van der Waals surface area contributed by atoms with Crippen molar-refractivity contribution in [3.63, 3.8) is 0 Å². The van der Waals surface area contributed by atoms with Gasteiger partial charge in [0.25, 0.3) is 0 Å². The second-order valence-electron chi connectivity index (χ2n) is 6.83. The number of fused-ring (bicyclic) bond motifs is 1. The zero-order valence-electron chi connectivity index (χ0n) is 16.4. The highest BCUT2D eigenvalue weighted by molar-refractivity contribution is 7.98. The molecule has 0 aliphatic carbocycles. The molecule has 1 N–H and O–H groups in total. The molecule has 1 aliphatic rings. The average molecular weight is 429 g/mol. The molecule has 0 saturated carbocycles. The lowest BCUT2D eigenvalue weighted by atomic mass is 10.1. The molecule has 9 heteroatoms. The van der Waals surface area contributed by atoms with Gasteiger partial charge in [-0.1, -0.05) is 17.8 Å². The Morgan fingerprint density at radius 3 is 2.93 bits per heavy atom. The summed E-state index contributed by atoms with van der Waals surface area (Å²) in [4.78, 5) is 24.9. The predicted molar refractivity (Wildman–Crippen MR) is 120 cm³/mol. The first-order valence-electron chi connectivity index (χ1n) is 9.76. The second kappa shape index (κ2) is 9.41. The molecule has 1 saturated heterocycles. The van der Waals surface area contributed by atoms with Crippen LogP contribution in [-0.4, -0.2) is 51.5 Å². The lowest BCUT2D eigenvalue weighted by molar-refractivity contribution is -0.116. The zero-order chi connectivity index (χ0) is 20.1. The molecule has 7 nitrogen and oxygen atoms in total. The minimum Gasteiger partial charge on any atom is -0.356 e. The molecule has 0 atom stereocenters. The fourth-order valence-electron chi connectivity index (χ4n) is 3.41. The van der Waals surface area contributed by atoms with Gasteiger partial charge in [0, 0.05) is 30.6 Å². The van der Waals surface area contributed by atoms with Crippen molar-refractivity contribution in [3.05, 3.63) is 34.7 Å². The number of carbonyl (C=O) groups is 1. The topological polar surface area (TPSA) is 75.9 Å². The van der Waals surface area contributed by atoms with Crippen LogP contribution in [0, 0.1) is 0 Å². The summed E-state index contributed by atoms with van der Waals surface area (Å²) in [5, 5.41) is 11.2. The number of carbonyl (C=O) groups excluding carboxylic acids is 1. The Bertz CT molecular complexity index is 992. The molecule has 0 spiro atoms. The summed E-state index contributed by atoms with van der Waals surface area (Å²) in [7, 11) is 0. The Hall–Kier alpha value is -2.39. The van der Waals surface area contributed by atoms with Crippen LogP contribution in [0.3, 0.4) is 0 Å². The summed E-state index contributed by atoms with van der Waals surface area (Å²) < 4.78 is 1.85. The summed E-state index contributed by atoms with van der Waals surface area (Å²) in [5.41, 5.74) is 0.827. The Kier molecular flexibility index (Phi) is 6.46. The summed E-state index contributed by atoms with van der Waals surface area (Å²) in [5.74, 6) is 0.872. The number of nitrogens with zero attached hydrogens (tertiary/aromatic N) is 5. The van der Waals surface area contributed by atoms with Crippen LogP contribution in [0.25, 0.3) is 17.1 Å². The number of aromatic nitrogens is 4. The second-order valence-corrected chi connectivity index (χ2v) is 8.58. The highest BCUT2D eigenvalue weighted by atomic mass is 32.2. The maximum Gasteiger partial charge on any atom is 0.244 e. The van der Waals surface area contributed by atoms with Crippen molar-refractivity contribution in [3.8, 4) is 0 Å². The third-order valence-electron chi connectivity index (χ3n) is 4.86. The van der Waals surface area contributed by atoms with Crippen LogP contribution in [-0.2, 0) is 11.3 Å². The third kappa shape index (κ3) is 4.79. The third-order valence-corrected chi connectivity index (χ3v) is 6.24. The molecule has 4 rings (SSSR count). The quantitative estimate of drug-likeness (QED) is 0.353. The van der Waals surface area contributed by atoms with Gasteiger partial charge >= 0.3 is 0 Å². The molecule has 1 amide bonds. The van der Waals surface area contributed by atoms with E-state index in [0.717, 1.165) is 40.0 Å². The highest BCUT2D eigenvalue weighted by Crippen LogP contribution is 2.28. The molecule has 3 aromatic heterocycles. The summed E-state index contributed by atoms with van der Waals surface area (Å²) in [6.07, 6.45) is 10.9. The lowest BCUT2D eigenvalue weighted by Gasteiger charge is -2.28. The van der Waals surface area contributed by atoms with E-state index < -0.39 is 0 Å². The van der Waals surface area contributed by atoms with E-state index >= 15 is 0 Å². The van der Waals surface area contributed by atoms with Gasteiger partial charge in [-0.2, -0.15) is 5.10 Å². The van der Waals surface area contributed by atoms with Crippen molar-refractivity contribution in [2.24, 2.45) is 0 Å². The van der Waals surface area contributed by atoms with Crippen LogP contribution in [0.5, 0.6) is 0 Å². The minimum atomic E-state index is -0.108. The van der Waals surface area contributed by atoms with Gasteiger partial charge in [-0.15, -0.1) is 11.3 Å². The molecule has 29 heavy (non-hydrogen) atoms. The number of thiophene rings is 1. The van der Waals surface area contributed by atoms with Crippen LogP contribution in [0.1, 0.15) is 24.1 Å². The number of rotatable bonds is 7. The van der Waals surface area contributed by atoms with Gasteiger partial charge in [-0.3, -0.25) is 4.79 Å². The number of hydrogen-bond donors (Lipinski definition) is 1. The molecule has 4 heterocycles. The Balaban J connectivity index is 1.45. The van der Waals surface area contributed by atoms with E-state index in [1.807, 2.05) is 40.7 Å². The van der Waals surface area contributed by atoms with E-state index in [1.165, 1.54) is 31.0 Å². The van der Waals surface area contributed by atoms with E-state index in [4.69, 9.17) is 4.98 Å². The van der Waals surface area contributed by atoms with Gasteiger partial charge in [0.2, 0.25) is 5.91 Å². The molecule has 1 aliphatic heterocycles. The maximum absolute atomic E-state index is 12.0. The van der Waals surface area contributed by atoms with Crippen molar-refractivity contribution < 1.29 is 4.79 Å². The maximum atomic E-state index is 12.0. The largest absolute Gasteiger partial charge is 0.356 e. The molecular weight excluding hydrogens is 404 g/mol. The van der Waals surface area contributed by atoms with Crippen LogP contribution < -0.4 is 10.2 Å². The molecule has 1 fully saturated rings. The van der Waals surface area contributed by atoms with Gasteiger partial charge in [-0.05, 0) is 43.0 Å². The number of nitrogens with one attached hydrogen (secondary N) is 1. The van der Waals surface area contributed by atoms with Gasteiger partial charge in [0.05, 0.1) is 18.1 Å². The number of amides is 1. The Morgan fingerprint density at radius 2 is 2.17 bits per heavy atom. The smallest absolute Gasteiger partial charge is 0.244 e. The van der Waals surface area contributed by atoms with Crippen molar-refractivity contribution >= 4 is 51.9 Å². The zero-order valence-corrected chi connectivity index (χ0v) is 18.0. The van der Waals surface area contributed by atoms with Gasteiger partial charge in [0.1, 0.15) is 5.82 Å². The lowest BCUT2D eigenvalue weighted by Crippen LogP contribution is -2.30. The molecular formula is C20H24N6OS2. The predicted octanol–water partition coefficient (Wildman–Crippen LogP) is 3.43. The van der Waals surface area contributed by atoms with Crippen LogP contribution >= 0.6 is 23.1 Å². The van der Waals surface area contributed by atoms with Crippen LogP contribution in [0.15, 0.2) is 34.9 Å². The van der Waals surface area contributed by atoms with Crippen LogP contribution in [0.4, 0.5) is 5.82 Å². The monoisotopic (exact) mass is 428 g/mol. The van der Waals surface area contributed by atoms with E-state index in [2.05, 4.69) is 20.3 Å². The Morgan fingerprint density at radius 1 is 1.31 bits per heavy atom. The molecule has 0 radical (unpaired) electrons. The summed E-state index contributed by atoms with van der Waals surface area (Å²) in [6.45, 7) is 3.10. The summed E-state index contributed by atoms with van der Waals surface area (Å²) >= 11 is 3.14. The van der Waals surface area contributed by atoms with Crippen molar-refractivity contribution in [2.45, 2.75) is 31.0 Å². The highest BCUT2D eigenvalue weighted by Gasteiger charge is 2.19. The molecule has 152 valence electrons. The molecule has 0 aromatic carbocycles. The normalized spacial score (nSPS) is 14.7. The van der Waals surface area contributed by atoms with Crippen molar-refractivity contribution in [2.75, 3.05) is 30.8 Å². The van der Waals surface area contributed by atoms with E-state index in [1.54, 1.807) is 17.4 Å². The van der Waals surface area contributed by atoms with Gasteiger partial charge in [-0.25, -0.2) is 14.6 Å². The molecule has 0 bridgehead atoms. The number of thioether (sulfide) groups is 1. The number of piperidine rings is 1. The standard InChI is InChI=1S/C20H24N6OS2/c1-28-20-23-18(25-10-3-2-4-11-25)16-14-22-26(19(16)24-20)12-9-21-17(27)8-7-15-6-5-13-29-15/h5-8,13-14H,2-4,9-12H2,1H3,(H,21,27)/b8-7+. The molecule has 3 aromatic rings. The van der Waals surface area contributed by atoms with E-state index in [9.17, 15) is 4.79 Å². The fraction of sp³-hybridized carbons (Fsp3) is 0.400. The fourth-order valence-corrected chi connectivity index (χ4v) is 4.38. The number of hydrogen-bond acceptors (Lipinski definition) is 7. The van der Waals surface area contributed by atoms with Gasteiger partial charge < -0.3 is 10.2 Å². The van der Waals surface area contributed by atoms with Crippen LogP contribution in [0.2, 0.25) is 0 Å². The first-order chi connectivity index (χ1) is 14.2. The Labute approximate surface area is 178 Å². The van der Waals surface area contributed by atoms with E-state index in [0.29, 0.717) is 13.1 Å². The van der Waals surface area contributed by atoms with Gasteiger partial charge in [0.15, 0.2) is 10.8 Å². The van der Waals surface area contributed by atoms with Crippen molar-refractivity contribution in [1.29, 1.82) is 0 Å². The van der Waals surface area contributed by atoms with E-state index in [-0.39, 0.29) is 5.91 Å². The number of anilines is 1. The minimum absolute atomic E-state index is 0.108. The first kappa shape index (κ1) is 19.9. The average Bonchev–Trinajstić information content (AvgIpc) is 3.42.